The van der Waals surface area contributed by atoms with E-state index in [1.54, 1.807) is 23.0 Å². The van der Waals surface area contributed by atoms with E-state index < -0.39 is 11.6 Å². The number of nitrogens with zero attached hydrogens (tertiary/aromatic N) is 5. The molecule has 0 bridgehead atoms. The zero-order valence-electron chi connectivity index (χ0n) is 18.4. The predicted octanol–water partition coefficient (Wildman–Crippen LogP) is 0.0110. The smallest absolute Gasteiger partial charge is 0.263 e. The quantitative estimate of drug-likeness (QED) is 0.436. The largest absolute Gasteiger partial charge is 0.387 e. The lowest BCUT2D eigenvalue weighted by Crippen LogP contribution is -2.40. The fourth-order valence-electron chi connectivity index (χ4n) is 3.50. The van der Waals surface area contributed by atoms with E-state index in [0.717, 1.165) is 16.3 Å². The molecule has 0 atom stereocenters. The number of halogens is 1. The van der Waals surface area contributed by atoms with Crippen molar-refractivity contribution in [1.29, 1.82) is 0 Å². The Morgan fingerprint density at radius 1 is 1.19 bits per heavy atom. The van der Waals surface area contributed by atoms with E-state index >= 15 is 0 Å². The van der Waals surface area contributed by atoms with Crippen LogP contribution in [0.25, 0.3) is 27.8 Å². The summed E-state index contributed by atoms with van der Waals surface area (Å²) in [6.07, 6.45) is 5.73. The molecule has 32 heavy (non-hydrogen) atoms. The predicted molar refractivity (Wildman–Crippen MR) is 130 cm³/mol. The van der Waals surface area contributed by atoms with Crippen LogP contribution in [0.3, 0.4) is 0 Å². The summed E-state index contributed by atoms with van der Waals surface area (Å²) >= 11 is 0. The van der Waals surface area contributed by atoms with Crippen LogP contribution in [-0.4, -0.2) is 64.9 Å². The van der Waals surface area contributed by atoms with E-state index in [-0.39, 0.29) is 23.9 Å². The van der Waals surface area contributed by atoms with Crippen LogP contribution in [0.4, 0.5) is 16.0 Å². The Bertz CT molecular complexity index is 1380. The van der Waals surface area contributed by atoms with Gasteiger partial charge in [-0.3, -0.25) is 4.79 Å². The Labute approximate surface area is 186 Å². The Morgan fingerprint density at radius 2 is 1.97 bits per heavy atom. The maximum Gasteiger partial charge on any atom is 0.263 e. The van der Waals surface area contributed by atoms with E-state index in [1.807, 2.05) is 48.8 Å². The first-order chi connectivity index (χ1) is 15.1. The van der Waals surface area contributed by atoms with Crippen LogP contribution < -0.4 is 10.6 Å². The molecule has 12 heteroatoms. The van der Waals surface area contributed by atoms with Crippen molar-refractivity contribution in [2.24, 2.45) is 0 Å². The molecule has 4 aromatic rings. The number of amides is 1. The second-order valence-corrected chi connectivity index (χ2v) is 9.37. The number of carbonyl (C=O) groups is 1. The average Bonchev–Trinajstić information content (AvgIpc) is 3.34. The molecule has 2 N–H and O–H groups in total. The minimum absolute atomic E-state index is 0.222. The highest BCUT2D eigenvalue weighted by atomic mass is 19.1. The third-order valence-electron chi connectivity index (χ3n) is 5.32. The lowest BCUT2D eigenvalue weighted by atomic mass is 9.49. The molecule has 0 aromatic carbocycles. The van der Waals surface area contributed by atoms with Gasteiger partial charge in [-0.05, 0) is 42.7 Å². The Kier molecular flexibility index (Phi) is 4.51. The van der Waals surface area contributed by atoms with Gasteiger partial charge in [-0.15, -0.1) is 5.10 Å². The van der Waals surface area contributed by atoms with Gasteiger partial charge in [-0.1, -0.05) is 6.07 Å². The molecular weight excluding hydrogens is 406 g/mol. The van der Waals surface area contributed by atoms with Crippen molar-refractivity contribution in [2.75, 3.05) is 10.6 Å². The highest BCUT2D eigenvalue weighted by Gasteiger charge is 2.51. The zero-order valence-corrected chi connectivity index (χ0v) is 18.4. The summed E-state index contributed by atoms with van der Waals surface area (Å²) in [6, 6.07) is 5.60. The molecule has 1 saturated carbocycles. The van der Waals surface area contributed by atoms with Crippen molar-refractivity contribution < 1.29 is 9.18 Å². The number of pyridine rings is 3. The summed E-state index contributed by atoms with van der Waals surface area (Å²) in [5, 5.41) is 11.9. The summed E-state index contributed by atoms with van der Waals surface area (Å²) in [5.74, 6) is 0.781. The Hall–Kier alpha value is -3.43. The summed E-state index contributed by atoms with van der Waals surface area (Å²) in [4.78, 5) is 25.8. The average molecular weight is 427 g/mol. The molecule has 0 saturated heterocycles. The fourth-order valence-corrected chi connectivity index (χ4v) is 3.50. The molecule has 1 aliphatic carbocycles. The van der Waals surface area contributed by atoms with Gasteiger partial charge in [0, 0.05) is 34.9 Å². The van der Waals surface area contributed by atoms with Crippen molar-refractivity contribution in [3.8, 4) is 11.4 Å². The van der Waals surface area contributed by atoms with Gasteiger partial charge in [0.05, 0.1) is 0 Å². The lowest BCUT2D eigenvalue weighted by Gasteiger charge is -2.23. The molecule has 0 unspecified atom stereocenters. The van der Waals surface area contributed by atoms with Gasteiger partial charge in [-0.25, -0.2) is 23.9 Å². The van der Waals surface area contributed by atoms with Crippen LogP contribution in [0, 0.1) is 6.92 Å². The molecule has 8 nitrogen and oxygen atoms in total. The molecule has 0 spiro atoms. The van der Waals surface area contributed by atoms with Crippen LogP contribution >= 0.6 is 0 Å². The number of aromatic nitrogens is 5. The molecule has 1 aliphatic rings. The number of hydrogen-bond donors (Lipinski definition) is 2. The molecule has 5 rings (SSSR count). The van der Waals surface area contributed by atoms with Gasteiger partial charge in [0.2, 0.25) is 0 Å². The number of anilines is 2. The number of carbonyl (C=O) groups excluding carboxylic acids is 1. The van der Waals surface area contributed by atoms with E-state index in [4.69, 9.17) is 0 Å². The normalized spacial score (nSPS) is 15.1. The first kappa shape index (κ1) is 20.5. The Balaban J connectivity index is 1.65. The summed E-state index contributed by atoms with van der Waals surface area (Å²) in [7, 11) is 6.12. The van der Waals surface area contributed by atoms with Crippen molar-refractivity contribution >= 4 is 57.5 Å². The van der Waals surface area contributed by atoms with Crippen LogP contribution in [0.1, 0.15) is 18.4 Å². The zero-order chi connectivity index (χ0) is 22.7. The summed E-state index contributed by atoms with van der Waals surface area (Å²) < 4.78 is 15.9. The van der Waals surface area contributed by atoms with E-state index in [9.17, 15) is 9.18 Å². The number of aryl methyl sites for hydroxylation is 1. The maximum absolute atomic E-state index is 14.2. The highest BCUT2D eigenvalue weighted by Crippen LogP contribution is 2.41. The van der Waals surface area contributed by atoms with Crippen LogP contribution in [0.5, 0.6) is 0 Å². The highest BCUT2D eigenvalue weighted by molar-refractivity contribution is 6.60. The molecule has 1 amide bonds. The number of alkyl halides is 1. The number of hydrogen-bond acceptors (Lipinski definition) is 6. The second kappa shape index (κ2) is 7.05. The maximum atomic E-state index is 14.2. The molecule has 0 radical (unpaired) electrons. The van der Waals surface area contributed by atoms with E-state index in [2.05, 4.69) is 30.7 Å². The topological polar surface area (TPSA) is 97.1 Å². The minimum atomic E-state index is -1.78. The van der Waals surface area contributed by atoms with Crippen molar-refractivity contribution in [3.05, 3.63) is 42.4 Å². The molecule has 4 aromatic heterocycles. The second-order valence-electron chi connectivity index (χ2n) is 9.37. The van der Waals surface area contributed by atoms with Gasteiger partial charge in [0.15, 0.2) is 17.1 Å². The summed E-state index contributed by atoms with van der Waals surface area (Å²) in [5.41, 5.74) is 0.694. The van der Waals surface area contributed by atoms with Crippen molar-refractivity contribution in [3.63, 3.8) is 0 Å². The first-order valence-corrected chi connectivity index (χ1v) is 10.5. The van der Waals surface area contributed by atoms with Crippen LogP contribution in [0.2, 0.25) is 0 Å². The monoisotopic (exact) mass is 427 g/mol. The first-order valence-electron chi connectivity index (χ1n) is 10.5. The van der Waals surface area contributed by atoms with E-state index in [0.29, 0.717) is 22.9 Å². The van der Waals surface area contributed by atoms with E-state index in [1.165, 1.54) is 0 Å². The fraction of sp³-hybridized carbons (Fsp3) is 0.250. The molecule has 158 valence electrons. The molecule has 0 aliphatic heterocycles. The standard InChI is InChI=1S/C20H21B3FN7O/c1-10-2-3-15-28-17(30-31(15)9-10)13-8-26-16(29-20(21,22)23)12-7-25-14(6-11(12)13)27-18(32)19(24)4-5-19/h2-3,6-9H,4-5,21-23H2,1H3,(H,26,29)(H,25,27,32). The number of fused-ring (bicyclic) bond motifs is 2. The SMILES string of the molecule is BC(B)(B)Nc1ncc(-c2nc3ccc(C)cn3n2)c2cc(NC(=O)C3(F)CC3)ncc12. The van der Waals surface area contributed by atoms with Gasteiger partial charge in [0.25, 0.3) is 5.91 Å². The molecular formula is C20H21B3FN7O. The van der Waals surface area contributed by atoms with Gasteiger partial charge in [-0.2, -0.15) is 0 Å². The number of nitrogens with one attached hydrogen (secondary N) is 2. The van der Waals surface area contributed by atoms with Gasteiger partial charge >= 0.3 is 0 Å². The van der Waals surface area contributed by atoms with Crippen LogP contribution in [-0.2, 0) is 4.79 Å². The van der Waals surface area contributed by atoms with Crippen LogP contribution in [0.15, 0.2) is 36.8 Å². The molecule has 1 fully saturated rings. The molecule has 4 heterocycles. The van der Waals surface area contributed by atoms with Gasteiger partial charge < -0.3 is 10.6 Å². The summed E-state index contributed by atoms with van der Waals surface area (Å²) in [6.45, 7) is 1.99. The third kappa shape index (κ3) is 3.81. The van der Waals surface area contributed by atoms with Crippen molar-refractivity contribution in [1.82, 2.24) is 24.6 Å². The lowest BCUT2D eigenvalue weighted by molar-refractivity contribution is -0.122. The van der Waals surface area contributed by atoms with Crippen molar-refractivity contribution in [2.45, 2.75) is 30.7 Å². The third-order valence-corrected chi connectivity index (χ3v) is 5.32. The van der Waals surface area contributed by atoms with Gasteiger partial charge in [0.1, 0.15) is 35.2 Å². The Morgan fingerprint density at radius 3 is 2.69 bits per heavy atom. The minimum Gasteiger partial charge on any atom is -0.387 e. The number of rotatable bonds is 5.